The van der Waals surface area contributed by atoms with E-state index in [0.29, 0.717) is 32.6 Å². The van der Waals surface area contributed by atoms with Gasteiger partial charge in [-0.2, -0.15) is 0 Å². The maximum absolute atomic E-state index is 12.4. The van der Waals surface area contributed by atoms with E-state index in [-0.39, 0.29) is 5.92 Å². The van der Waals surface area contributed by atoms with E-state index in [0.717, 1.165) is 5.56 Å². The maximum Gasteiger partial charge on any atom is 0.411 e. The van der Waals surface area contributed by atoms with Crippen LogP contribution in [0.3, 0.4) is 0 Å². The van der Waals surface area contributed by atoms with E-state index in [1.165, 1.54) is 4.90 Å². The van der Waals surface area contributed by atoms with Crippen LogP contribution < -0.4 is 0 Å². The number of carbonyl (C=O) groups is 2. The van der Waals surface area contributed by atoms with Crippen LogP contribution in [0.5, 0.6) is 0 Å². The zero-order valence-electron chi connectivity index (χ0n) is 15.1. The second-order valence-corrected chi connectivity index (χ2v) is 7.43. The van der Waals surface area contributed by atoms with Crippen molar-refractivity contribution in [3.8, 4) is 0 Å². The minimum absolute atomic E-state index is 0.104. The molecule has 25 heavy (non-hydrogen) atoms. The fourth-order valence-corrected chi connectivity index (χ4v) is 2.88. The van der Waals surface area contributed by atoms with Gasteiger partial charge in [0.25, 0.3) is 0 Å². The predicted molar refractivity (Wildman–Crippen MR) is 93.2 cm³/mol. The Morgan fingerprint density at radius 1 is 1.20 bits per heavy atom. The molecule has 1 N–H and O–H groups in total. The molecular weight excluding hydrogens is 322 g/mol. The van der Waals surface area contributed by atoms with Crippen LogP contribution in [-0.4, -0.2) is 46.9 Å². The van der Waals surface area contributed by atoms with Crippen molar-refractivity contribution in [2.75, 3.05) is 13.2 Å². The molecule has 0 aliphatic carbocycles. The highest BCUT2D eigenvalue weighted by molar-refractivity contribution is 5.80. The summed E-state index contributed by atoms with van der Waals surface area (Å²) < 4.78 is 11.1. The third-order valence-corrected chi connectivity index (χ3v) is 4.06. The Bertz CT molecular complexity index is 581. The number of benzene rings is 1. The van der Waals surface area contributed by atoms with Crippen LogP contribution in [0.4, 0.5) is 4.79 Å². The standard InChI is InChI=1S/C19H27NO5/c1-19(2,3)25-18(23)20-11-15(9-10-16(20)17(21)22)13-24-12-14-7-5-4-6-8-14/h4-8,15-16H,9-13H2,1-3H3,(H,21,22)/t15-,16+/m1/s1. The van der Waals surface area contributed by atoms with E-state index in [9.17, 15) is 14.7 Å². The van der Waals surface area contributed by atoms with Crippen molar-refractivity contribution in [1.29, 1.82) is 0 Å². The van der Waals surface area contributed by atoms with Gasteiger partial charge in [0.1, 0.15) is 11.6 Å². The smallest absolute Gasteiger partial charge is 0.411 e. The van der Waals surface area contributed by atoms with Gasteiger partial charge in [0.15, 0.2) is 0 Å². The number of likely N-dealkylation sites (tertiary alicyclic amines) is 1. The number of piperidine rings is 1. The minimum Gasteiger partial charge on any atom is -0.480 e. The number of carbonyl (C=O) groups excluding carboxylic acids is 1. The Labute approximate surface area is 148 Å². The van der Waals surface area contributed by atoms with Crippen LogP contribution in [0.1, 0.15) is 39.2 Å². The van der Waals surface area contributed by atoms with E-state index in [2.05, 4.69) is 0 Å². The van der Waals surface area contributed by atoms with Crippen molar-refractivity contribution in [3.05, 3.63) is 35.9 Å². The quantitative estimate of drug-likeness (QED) is 0.882. The van der Waals surface area contributed by atoms with Gasteiger partial charge in [-0.25, -0.2) is 9.59 Å². The van der Waals surface area contributed by atoms with Gasteiger partial charge in [0.05, 0.1) is 13.2 Å². The molecule has 1 amide bonds. The van der Waals surface area contributed by atoms with Gasteiger partial charge in [-0.1, -0.05) is 30.3 Å². The second kappa shape index (κ2) is 8.34. The third kappa shape index (κ3) is 6.05. The summed E-state index contributed by atoms with van der Waals surface area (Å²) in [6, 6.07) is 9.03. The van der Waals surface area contributed by atoms with Gasteiger partial charge >= 0.3 is 12.1 Å². The number of nitrogens with zero attached hydrogens (tertiary/aromatic N) is 1. The van der Waals surface area contributed by atoms with Crippen LogP contribution in [0.2, 0.25) is 0 Å². The first-order valence-electron chi connectivity index (χ1n) is 8.60. The molecule has 1 saturated heterocycles. The highest BCUT2D eigenvalue weighted by Crippen LogP contribution is 2.25. The molecule has 1 aromatic rings. The summed E-state index contributed by atoms with van der Waals surface area (Å²) >= 11 is 0. The molecule has 2 rings (SSSR count). The summed E-state index contributed by atoms with van der Waals surface area (Å²) in [6.07, 6.45) is 0.548. The average Bonchev–Trinajstić information content (AvgIpc) is 2.54. The zero-order valence-corrected chi connectivity index (χ0v) is 15.1. The number of aliphatic carboxylic acids is 1. The number of hydrogen-bond donors (Lipinski definition) is 1. The summed E-state index contributed by atoms with van der Waals surface area (Å²) in [5.74, 6) is -0.888. The topological polar surface area (TPSA) is 76.1 Å². The number of amides is 1. The molecule has 6 nitrogen and oxygen atoms in total. The van der Waals surface area contributed by atoms with Crippen molar-refractivity contribution in [2.45, 2.75) is 51.9 Å². The number of ether oxygens (including phenoxy) is 2. The Balaban J connectivity index is 1.91. The first-order chi connectivity index (χ1) is 11.8. The number of carboxylic acids is 1. The van der Waals surface area contributed by atoms with Crippen molar-refractivity contribution >= 4 is 12.1 Å². The Morgan fingerprint density at radius 3 is 2.48 bits per heavy atom. The summed E-state index contributed by atoms with van der Waals surface area (Å²) in [5.41, 5.74) is 0.433. The molecule has 1 heterocycles. The van der Waals surface area contributed by atoms with Crippen LogP contribution in [-0.2, 0) is 20.9 Å². The Kier molecular flexibility index (Phi) is 6.42. The fraction of sp³-hybridized carbons (Fsp3) is 0.579. The molecule has 2 atom stereocenters. The summed E-state index contributed by atoms with van der Waals surface area (Å²) in [6.45, 7) is 6.63. The van der Waals surface area contributed by atoms with Gasteiger partial charge in [-0.3, -0.25) is 4.90 Å². The molecule has 0 saturated carbocycles. The van der Waals surface area contributed by atoms with Gasteiger partial charge in [-0.15, -0.1) is 0 Å². The van der Waals surface area contributed by atoms with E-state index in [1.807, 2.05) is 30.3 Å². The first-order valence-corrected chi connectivity index (χ1v) is 8.60. The van der Waals surface area contributed by atoms with Gasteiger partial charge < -0.3 is 14.6 Å². The lowest BCUT2D eigenvalue weighted by atomic mass is 9.93. The molecule has 0 spiro atoms. The number of carboxylic acid groups (broad SMARTS) is 1. The molecule has 0 radical (unpaired) electrons. The highest BCUT2D eigenvalue weighted by atomic mass is 16.6. The minimum atomic E-state index is -0.991. The van der Waals surface area contributed by atoms with Crippen molar-refractivity contribution in [1.82, 2.24) is 4.90 Å². The average molecular weight is 349 g/mol. The molecule has 0 bridgehead atoms. The summed E-state index contributed by atoms with van der Waals surface area (Å²) in [4.78, 5) is 25.2. The molecule has 1 aliphatic heterocycles. The van der Waals surface area contributed by atoms with Crippen LogP contribution in [0.25, 0.3) is 0 Å². The third-order valence-electron chi connectivity index (χ3n) is 4.06. The summed E-state index contributed by atoms with van der Waals surface area (Å²) in [5, 5.41) is 9.39. The van der Waals surface area contributed by atoms with Crippen LogP contribution in [0.15, 0.2) is 30.3 Å². The van der Waals surface area contributed by atoms with Gasteiger partial charge in [0.2, 0.25) is 0 Å². The number of rotatable bonds is 5. The van der Waals surface area contributed by atoms with Crippen LogP contribution >= 0.6 is 0 Å². The first kappa shape index (κ1) is 19.2. The van der Waals surface area contributed by atoms with Gasteiger partial charge in [-0.05, 0) is 39.2 Å². The van der Waals surface area contributed by atoms with E-state index < -0.39 is 23.7 Å². The van der Waals surface area contributed by atoms with E-state index in [4.69, 9.17) is 9.47 Å². The summed E-state index contributed by atoms with van der Waals surface area (Å²) in [7, 11) is 0. The lowest BCUT2D eigenvalue weighted by molar-refractivity contribution is -0.145. The normalized spacial score (nSPS) is 21.0. The van der Waals surface area contributed by atoms with Crippen molar-refractivity contribution in [3.63, 3.8) is 0 Å². The number of hydrogen-bond acceptors (Lipinski definition) is 4. The SMILES string of the molecule is CC(C)(C)OC(=O)N1C[C@H](COCc2ccccc2)CC[C@H]1C(=O)O. The van der Waals surface area contributed by atoms with Crippen molar-refractivity contribution in [2.24, 2.45) is 5.92 Å². The molecule has 1 aromatic carbocycles. The molecule has 6 heteroatoms. The fourth-order valence-electron chi connectivity index (χ4n) is 2.88. The Hall–Kier alpha value is -2.08. The largest absolute Gasteiger partial charge is 0.480 e. The monoisotopic (exact) mass is 349 g/mol. The zero-order chi connectivity index (χ0) is 18.4. The molecular formula is C19H27NO5. The lowest BCUT2D eigenvalue weighted by Gasteiger charge is -2.38. The molecule has 138 valence electrons. The molecule has 1 aliphatic rings. The predicted octanol–water partition coefficient (Wildman–Crippen LogP) is 3.30. The molecule has 0 aromatic heterocycles. The molecule has 1 fully saturated rings. The second-order valence-electron chi connectivity index (χ2n) is 7.43. The lowest BCUT2D eigenvalue weighted by Crippen LogP contribution is -2.52. The van der Waals surface area contributed by atoms with E-state index >= 15 is 0 Å². The van der Waals surface area contributed by atoms with Crippen LogP contribution in [0, 0.1) is 5.92 Å². The maximum atomic E-state index is 12.4. The highest BCUT2D eigenvalue weighted by Gasteiger charge is 2.38. The van der Waals surface area contributed by atoms with E-state index in [1.54, 1.807) is 20.8 Å². The Morgan fingerprint density at radius 2 is 1.88 bits per heavy atom. The van der Waals surface area contributed by atoms with Crippen molar-refractivity contribution < 1.29 is 24.2 Å². The van der Waals surface area contributed by atoms with Gasteiger partial charge in [0, 0.05) is 12.5 Å². The molecule has 0 unspecified atom stereocenters.